The first-order valence-electron chi connectivity index (χ1n) is 7.74. The third-order valence-corrected chi connectivity index (χ3v) is 3.65. The van der Waals surface area contributed by atoms with Crippen molar-refractivity contribution in [3.8, 4) is 11.5 Å². The number of imidazole rings is 1. The SMILES string of the molecule is CCn1c(NC(=O)COc2ccccc2OC)nc2ccccc21. The molecule has 124 valence electrons. The van der Waals surface area contributed by atoms with Gasteiger partial charge in [0, 0.05) is 6.54 Å². The van der Waals surface area contributed by atoms with Crippen LogP contribution in [-0.2, 0) is 11.3 Å². The van der Waals surface area contributed by atoms with Gasteiger partial charge in [0.25, 0.3) is 5.91 Å². The van der Waals surface area contributed by atoms with Crippen LogP contribution in [0.5, 0.6) is 11.5 Å². The second-order valence-electron chi connectivity index (χ2n) is 5.16. The average molecular weight is 325 g/mol. The largest absolute Gasteiger partial charge is 0.493 e. The Morgan fingerprint density at radius 2 is 1.83 bits per heavy atom. The first-order chi connectivity index (χ1) is 11.7. The molecule has 0 bridgehead atoms. The van der Waals surface area contributed by atoms with Gasteiger partial charge in [0.1, 0.15) is 0 Å². The number of benzene rings is 2. The second-order valence-corrected chi connectivity index (χ2v) is 5.16. The quantitative estimate of drug-likeness (QED) is 0.756. The maximum Gasteiger partial charge on any atom is 0.264 e. The lowest BCUT2D eigenvalue weighted by atomic mass is 10.3. The summed E-state index contributed by atoms with van der Waals surface area (Å²) >= 11 is 0. The highest BCUT2D eigenvalue weighted by Crippen LogP contribution is 2.25. The molecule has 0 unspecified atom stereocenters. The molecule has 0 spiro atoms. The van der Waals surface area contributed by atoms with E-state index < -0.39 is 0 Å². The van der Waals surface area contributed by atoms with E-state index in [0.717, 1.165) is 11.0 Å². The molecule has 6 heteroatoms. The Hall–Kier alpha value is -3.02. The molecule has 0 aliphatic carbocycles. The number of carbonyl (C=O) groups excluding carboxylic acids is 1. The molecule has 0 saturated heterocycles. The number of carbonyl (C=O) groups is 1. The molecule has 1 aromatic heterocycles. The van der Waals surface area contributed by atoms with Crippen LogP contribution in [0.15, 0.2) is 48.5 Å². The van der Waals surface area contributed by atoms with Crippen LogP contribution in [0.1, 0.15) is 6.92 Å². The fraction of sp³-hybridized carbons (Fsp3) is 0.222. The zero-order chi connectivity index (χ0) is 16.9. The highest BCUT2D eigenvalue weighted by molar-refractivity contribution is 5.92. The molecule has 2 aromatic carbocycles. The molecule has 6 nitrogen and oxygen atoms in total. The molecule has 0 fully saturated rings. The maximum atomic E-state index is 12.2. The van der Waals surface area contributed by atoms with Crippen molar-refractivity contribution < 1.29 is 14.3 Å². The smallest absolute Gasteiger partial charge is 0.264 e. The summed E-state index contributed by atoms with van der Waals surface area (Å²) in [7, 11) is 1.56. The number of anilines is 1. The van der Waals surface area contributed by atoms with Crippen LogP contribution in [-0.4, -0.2) is 29.2 Å². The lowest BCUT2D eigenvalue weighted by molar-refractivity contribution is -0.118. The van der Waals surface area contributed by atoms with Crippen LogP contribution in [0, 0.1) is 0 Å². The number of hydrogen-bond acceptors (Lipinski definition) is 4. The van der Waals surface area contributed by atoms with Crippen LogP contribution >= 0.6 is 0 Å². The van der Waals surface area contributed by atoms with Gasteiger partial charge in [-0.2, -0.15) is 0 Å². The Labute approximate surface area is 140 Å². The number of rotatable bonds is 6. The molecular weight excluding hydrogens is 306 g/mol. The highest BCUT2D eigenvalue weighted by Gasteiger charge is 2.13. The molecule has 1 heterocycles. The number of nitrogens with one attached hydrogen (secondary N) is 1. The number of para-hydroxylation sites is 4. The van der Waals surface area contributed by atoms with Crippen molar-refractivity contribution in [2.24, 2.45) is 0 Å². The third-order valence-electron chi connectivity index (χ3n) is 3.65. The minimum atomic E-state index is -0.272. The van der Waals surface area contributed by atoms with Gasteiger partial charge in [-0.25, -0.2) is 4.98 Å². The molecule has 24 heavy (non-hydrogen) atoms. The van der Waals surface area contributed by atoms with Crippen molar-refractivity contribution in [3.05, 3.63) is 48.5 Å². The Bertz CT molecular complexity index is 858. The van der Waals surface area contributed by atoms with Crippen molar-refractivity contribution in [2.45, 2.75) is 13.5 Å². The number of ether oxygens (including phenoxy) is 2. The summed E-state index contributed by atoms with van der Waals surface area (Å²) < 4.78 is 12.7. The molecule has 3 rings (SSSR count). The Kier molecular flexibility index (Phi) is 4.65. The first kappa shape index (κ1) is 15.9. The van der Waals surface area contributed by atoms with Crippen LogP contribution in [0.4, 0.5) is 5.95 Å². The van der Waals surface area contributed by atoms with Crippen LogP contribution in [0.2, 0.25) is 0 Å². The Morgan fingerprint density at radius 1 is 1.12 bits per heavy atom. The monoisotopic (exact) mass is 325 g/mol. The van der Waals surface area contributed by atoms with Crippen molar-refractivity contribution in [3.63, 3.8) is 0 Å². The van der Waals surface area contributed by atoms with Crippen LogP contribution in [0.3, 0.4) is 0 Å². The Balaban J connectivity index is 1.71. The number of aromatic nitrogens is 2. The maximum absolute atomic E-state index is 12.2. The van der Waals surface area contributed by atoms with Crippen molar-refractivity contribution in [1.82, 2.24) is 9.55 Å². The van der Waals surface area contributed by atoms with E-state index in [1.165, 1.54) is 0 Å². The summed E-state index contributed by atoms with van der Waals surface area (Å²) in [6, 6.07) is 15.0. The molecule has 0 aliphatic rings. The first-order valence-corrected chi connectivity index (χ1v) is 7.74. The summed E-state index contributed by atoms with van der Waals surface area (Å²) in [6.45, 7) is 2.60. The van der Waals surface area contributed by atoms with E-state index >= 15 is 0 Å². The van der Waals surface area contributed by atoms with Gasteiger partial charge < -0.3 is 14.0 Å². The molecule has 1 amide bonds. The number of hydrogen-bond donors (Lipinski definition) is 1. The molecule has 0 atom stereocenters. The normalized spacial score (nSPS) is 10.6. The number of fused-ring (bicyclic) bond motifs is 1. The Morgan fingerprint density at radius 3 is 2.58 bits per heavy atom. The van der Waals surface area contributed by atoms with Gasteiger partial charge in [-0.3, -0.25) is 10.1 Å². The van der Waals surface area contributed by atoms with E-state index in [0.29, 0.717) is 24.0 Å². The van der Waals surface area contributed by atoms with Gasteiger partial charge in [0.15, 0.2) is 18.1 Å². The topological polar surface area (TPSA) is 65.4 Å². The van der Waals surface area contributed by atoms with Crippen molar-refractivity contribution >= 4 is 22.9 Å². The zero-order valence-corrected chi connectivity index (χ0v) is 13.7. The highest BCUT2D eigenvalue weighted by atomic mass is 16.5. The summed E-state index contributed by atoms with van der Waals surface area (Å²) in [5.74, 6) is 1.36. The average Bonchev–Trinajstić information content (AvgIpc) is 2.97. The predicted octanol–water partition coefficient (Wildman–Crippen LogP) is 3.08. The number of aryl methyl sites for hydroxylation is 1. The van der Waals surface area contributed by atoms with Crippen LogP contribution < -0.4 is 14.8 Å². The van der Waals surface area contributed by atoms with Gasteiger partial charge in [0.2, 0.25) is 5.95 Å². The molecule has 0 saturated carbocycles. The standard InChI is InChI=1S/C18H19N3O3/c1-3-21-14-9-5-4-8-13(14)19-18(21)20-17(22)12-24-16-11-7-6-10-15(16)23-2/h4-11H,3,12H2,1-2H3,(H,19,20,22). The number of nitrogens with zero attached hydrogens (tertiary/aromatic N) is 2. The zero-order valence-electron chi connectivity index (χ0n) is 13.7. The summed E-state index contributed by atoms with van der Waals surface area (Å²) in [5.41, 5.74) is 1.83. The van der Waals surface area contributed by atoms with Gasteiger partial charge >= 0.3 is 0 Å². The number of methoxy groups -OCH3 is 1. The van der Waals surface area contributed by atoms with E-state index in [1.54, 1.807) is 19.2 Å². The van der Waals surface area contributed by atoms with Gasteiger partial charge in [0.05, 0.1) is 18.1 Å². The molecule has 3 aromatic rings. The minimum Gasteiger partial charge on any atom is -0.493 e. The van der Waals surface area contributed by atoms with Gasteiger partial charge in [-0.1, -0.05) is 24.3 Å². The fourth-order valence-electron chi connectivity index (χ4n) is 2.53. The van der Waals surface area contributed by atoms with E-state index in [1.807, 2.05) is 47.9 Å². The molecule has 0 aliphatic heterocycles. The number of amides is 1. The molecule has 0 radical (unpaired) electrons. The molecular formula is C18H19N3O3. The fourth-order valence-corrected chi connectivity index (χ4v) is 2.53. The lowest BCUT2D eigenvalue weighted by Crippen LogP contribution is -2.22. The van der Waals surface area contributed by atoms with E-state index in [-0.39, 0.29) is 12.5 Å². The summed E-state index contributed by atoms with van der Waals surface area (Å²) in [5, 5.41) is 2.81. The second kappa shape index (κ2) is 7.04. The van der Waals surface area contributed by atoms with Crippen molar-refractivity contribution in [2.75, 3.05) is 19.0 Å². The summed E-state index contributed by atoms with van der Waals surface area (Å²) in [6.07, 6.45) is 0. The van der Waals surface area contributed by atoms with Crippen LogP contribution in [0.25, 0.3) is 11.0 Å². The van der Waals surface area contributed by atoms with E-state index in [9.17, 15) is 4.79 Å². The molecule has 1 N–H and O–H groups in total. The van der Waals surface area contributed by atoms with Gasteiger partial charge in [-0.15, -0.1) is 0 Å². The lowest BCUT2D eigenvalue weighted by Gasteiger charge is -2.11. The minimum absolute atomic E-state index is 0.118. The third kappa shape index (κ3) is 3.17. The summed E-state index contributed by atoms with van der Waals surface area (Å²) in [4.78, 5) is 16.7. The predicted molar refractivity (Wildman–Crippen MR) is 92.5 cm³/mol. The van der Waals surface area contributed by atoms with E-state index in [2.05, 4.69) is 10.3 Å². The van der Waals surface area contributed by atoms with Crippen molar-refractivity contribution in [1.29, 1.82) is 0 Å². The van der Waals surface area contributed by atoms with Gasteiger partial charge in [-0.05, 0) is 31.2 Å². The van der Waals surface area contributed by atoms with E-state index in [4.69, 9.17) is 9.47 Å².